The van der Waals surface area contributed by atoms with Crippen molar-refractivity contribution in [1.82, 2.24) is 0 Å². The molecule has 1 N–H and O–H groups in total. The number of hydrogen-bond donors (Lipinski definition) is 1. The van der Waals surface area contributed by atoms with E-state index >= 15 is 0 Å². The van der Waals surface area contributed by atoms with Gasteiger partial charge in [-0.2, -0.15) is 13.2 Å². The van der Waals surface area contributed by atoms with Crippen LogP contribution in [0, 0.1) is 13.8 Å². The molecule has 3 nitrogen and oxygen atoms in total. The SMILES string of the molecule is Cc1cc(SCCCc2sc3cc(C(F)(F)F)ccc3c2C)ccc1OC(C)(C)C(=O)O. The van der Waals surface area contributed by atoms with Gasteiger partial charge in [0.05, 0.1) is 5.56 Å². The first kappa shape index (κ1) is 24.5. The van der Waals surface area contributed by atoms with Crippen LogP contribution in [0.2, 0.25) is 0 Å². The van der Waals surface area contributed by atoms with E-state index in [9.17, 15) is 23.1 Å². The van der Waals surface area contributed by atoms with E-state index < -0.39 is 23.3 Å². The highest BCUT2D eigenvalue weighted by Crippen LogP contribution is 2.37. The molecule has 1 heterocycles. The van der Waals surface area contributed by atoms with Gasteiger partial charge in [0.15, 0.2) is 5.60 Å². The largest absolute Gasteiger partial charge is 0.478 e. The number of halogens is 3. The van der Waals surface area contributed by atoms with Gasteiger partial charge in [0.2, 0.25) is 0 Å². The minimum atomic E-state index is -4.33. The lowest BCUT2D eigenvalue weighted by Gasteiger charge is -2.23. The molecular weight excluding hydrogens is 457 g/mol. The normalized spacial score (nSPS) is 12.3. The Labute approximate surface area is 193 Å². The van der Waals surface area contributed by atoms with Crippen LogP contribution < -0.4 is 4.74 Å². The third-order valence-corrected chi connectivity index (χ3v) is 7.60. The molecule has 0 unspecified atom stereocenters. The number of hydrogen-bond acceptors (Lipinski definition) is 4. The molecule has 3 aromatic rings. The number of carbonyl (C=O) groups is 1. The highest BCUT2D eigenvalue weighted by atomic mass is 32.2. The molecule has 0 aliphatic rings. The number of ether oxygens (including phenoxy) is 1. The van der Waals surface area contributed by atoms with E-state index in [1.54, 1.807) is 23.9 Å². The van der Waals surface area contributed by atoms with E-state index in [0.29, 0.717) is 10.4 Å². The van der Waals surface area contributed by atoms with Crippen LogP contribution in [-0.4, -0.2) is 22.4 Å². The molecule has 2 aromatic carbocycles. The molecule has 8 heteroatoms. The molecule has 0 fully saturated rings. The molecule has 0 bridgehead atoms. The predicted octanol–water partition coefficient (Wildman–Crippen LogP) is 7.50. The first-order valence-corrected chi connectivity index (χ1v) is 11.9. The first-order chi connectivity index (χ1) is 14.9. The minimum absolute atomic E-state index is 0.542. The lowest BCUT2D eigenvalue weighted by atomic mass is 10.1. The summed E-state index contributed by atoms with van der Waals surface area (Å²) in [5.74, 6) is 0.379. The maximum absolute atomic E-state index is 13.0. The fourth-order valence-electron chi connectivity index (χ4n) is 3.26. The quantitative estimate of drug-likeness (QED) is 0.267. The van der Waals surface area contributed by atoms with Crippen molar-refractivity contribution >= 4 is 39.2 Å². The summed E-state index contributed by atoms with van der Waals surface area (Å²) in [6.45, 7) is 6.87. The van der Waals surface area contributed by atoms with Crippen LogP contribution in [-0.2, 0) is 17.4 Å². The minimum Gasteiger partial charge on any atom is -0.478 e. The molecule has 172 valence electrons. The summed E-state index contributed by atoms with van der Waals surface area (Å²) in [5.41, 5.74) is 0.0118. The number of aliphatic carboxylic acids is 1. The van der Waals surface area contributed by atoms with Gasteiger partial charge in [-0.25, -0.2) is 4.79 Å². The summed E-state index contributed by atoms with van der Waals surface area (Å²) in [7, 11) is 0. The Bertz CT molecular complexity index is 1130. The van der Waals surface area contributed by atoms with Crippen molar-refractivity contribution in [2.75, 3.05) is 5.75 Å². The number of carboxylic acids is 1. The smallest absolute Gasteiger partial charge is 0.416 e. The molecule has 0 aliphatic heterocycles. The van der Waals surface area contributed by atoms with Crippen molar-refractivity contribution in [3.05, 3.63) is 58.0 Å². The molecule has 0 aliphatic carbocycles. The van der Waals surface area contributed by atoms with Crippen molar-refractivity contribution < 1.29 is 27.8 Å². The topological polar surface area (TPSA) is 46.5 Å². The van der Waals surface area contributed by atoms with Crippen LogP contribution in [0.1, 0.15) is 41.8 Å². The number of rotatable bonds is 8. The van der Waals surface area contributed by atoms with Crippen molar-refractivity contribution in [3.8, 4) is 5.75 Å². The molecule has 32 heavy (non-hydrogen) atoms. The molecule has 0 saturated carbocycles. The number of carboxylic acid groups (broad SMARTS) is 1. The molecule has 3 rings (SSSR count). The van der Waals surface area contributed by atoms with Gasteiger partial charge in [-0.3, -0.25) is 0 Å². The monoisotopic (exact) mass is 482 g/mol. The molecule has 0 radical (unpaired) electrons. The Kier molecular flexibility index (Phi) is 7.15. The van der Waals surface area contributed by atoms with E-state index in [2.05, 4.69) is 0 Å². The van der Waals surface area contributed by atoms with Gasteiger partial charge in [0.25, 0.3) is 0 Å². The Hall–Kier alpha value is -2.19. The highest BCUT2D eigenvalue weighted by molar-refractivity contribution is 7.99. The molecule has 1 aromatic heterocycles. The van der Waals surface area contributed by atoms with E-state index in [-0.39, 0.29) is 0 Å². The number of fused-ring (bicyclic) bond motifs is 1. The molecule has 0 saturated heterocycles. The zero-order valence-corrected chi connectivity index (χ0v) is 19.9. The zero-order chi connectivity index (χ0) is 23.7. The lowest BCUT2D eigenvalue weighted by molar-refractivity contribution is -0.152. The molecule has 0 amide bonds. The van der Waals surface area contributed by atoms with Gasteiger partial charge in [-0.1, -0.05) is 6.07 Å². The average Bonchev–Trinajstić information content (AvgIpc) is 3.01. The standard InChI is InChI=1S/C24H25F3O3S2/c1-14-12-17(8-10-19(14)30-23(3,4)22(28)29)31-11-5-6-20-15(2)18-9-7-16(24(25,26)27)13-21(18)32-20/h7-10,12-13H,5-6,11H2,1-4H3,(H,28,29). The fourth-order valence-corrected chi connectivity index (χ4v) is 5.50. The summed E-state index contributed by atoms with van der Waals surface area (Å²) >= 11 is 3.13. The Balaban J connectivity index is 1.59. The second-order valence-corrected chi connectivity index (χ2v) is 10.5. The van der Waals surface area contributed by atoms with Crippen molar-refractivity contribution in [2.24, 2.45) is 0 Å². The van der Waals surface area contributed by atoms with Crippen molar-refractivity contribution in [1.29, 1.82) is 0 Å². The van der Waals surface area contributed by atoms with Gasteiger partial charge in [0, 0.05) is 14.5 Å². The van der Waals surface area contributed by atoms with E-state index in [0.717, 1.165) is 50.9 Å². The molecular formula is C24H25F3O3S2. The summed E-state index contributed by atoms with van der Waals surface area (Å²) < 4.78 is 45.2. The average molecular weight is 483 g/mol. The number of benzene rings is 2. The van der Waals surface area contributed by atoms with Crippen molar-refractivity contribution in [2.45, 2.75) is 57.2 Å². The summed E-state index contributed by atoms with van der Waals surface area (Å²) in [4.78, 5) is 13.4. The predicted molar refractivity (Wildman–Crippen MR) is 124 cm³/mol. The number of thioether (sulfide) groups is 1. The van der Waals surface area contributed by atoms with E-state index in [1.807, 2.05) is 26.0 Å². The maximum Gasteiger partial charge on any atom is 0.416 e. The van der Waals surface area contributed by atoms with Gasteiger partial charge in [0.1, 0.15) is 5.75 Å². The van der Waals surface area contributed by atoms with Crippen LogP contribution in [0.4, 0.5) is 13.2 Å². The maximum atomic E-state index is 13.0. The lowest BCUT2D eigenvalue weighted by Crippen LogP contribution is -2.38. The Morgan fingerprint density at radius 1 is 1.12 bits per heavy atom. The van der Waals surface area contributed by atoms with Gasteiger partial charge < -0.3 is 9.84 Å². The van der Waals surface area contributed by atoms with Crippen LogP contribution in [0.15, 0.2) is 41.3 Å². The second kappa shape index (κ2) is 9.35. The fraction of sp³-hybridized carbons (Fsp3) is 0.375. The summed E-state index contributed by atoms with van der Waals surface area (Å²) in [6, 6.07) is 9.63. The Morgan fingerprint density at radius 2 is 1.84 bits per heavy atom. The van der Waals surface area contributed by atoms with Gasteiger partial charge in [-0.05, 0) is 93.1 Å². The zero-order valence-electron chi connectivity index (χ0n) is 18.3. The van der Waals surface area contributed by atoms with Crippen molar-refractivity contribution in [3.63, 3.8) is 0 Å². The first-order valence-electron chi connectivity index (χ1n) is 10.1. The summed E-state index contributed by atoms with van der Waals surface area (Å²) in [5, 5.41) is 10.1. The van der Waals surface area contributed by atoms with Crippen LogP contribution in [0.25, 0.3) is 10.1 Å². The Morgan fingerprint density at radius 3 is 2.47 bits per heavy atom. The number of aryl methyl sites for hydroxylation is 3. The third kappa shape index (κ3) is 5.59. The number of alkyl halides is 3. The van der Waals surface area contributed by atoms with Gasteiger partial charge in [-0.15, -0.1) is 23.1 Å². The highest BCUT2D eigenvalue weighted by Gasteiger charge is 2.31. The van der Waals surface area contributed by atoms with E-state index in [4.69, 9.17) is 4.74 Å². The second-order valence-electron chi connectivity index (χ2n) is 8.16. The van der Waals surface area contributed by atoms with Crippen LogP contribution in [0.5, 0.6) is 5.75 Å². The van der Waals surface area contributed by atoms with Gasteiger partial charge >= 0.3 is 12.1 Å². The van der Waals surface area contributed by atoms with Crippen LogP contribution >= 0.6 is 23.1 Å². The molecule has 0 spiro atoms. The summed E-state index contributed by atoms with van der Waals surface area (Å²) in [6.07, 6.45) is -2.62. The third-order valence-electron chi connectivity index (χ3n) is 5.21. The van der Waals surface area contributed by atoms with Crippen LogP contribution in [0.3, 0.4) is 0 Å². The molecule has 0 atom stereocenters. The number of thiophene rings is 1. The van der Waals surface area contributed by atoms with E-state index in [1.165, 1.54) is 31.3 Å².